The number of hydrogen-bond donors (Lipinski definition) is 0. The summed E-state index contributed by atoms with van der Waals surface area (Å²) in [5.41, 5.74) is 4.50. The summed E-state index contributed by atoms with van der Waals surface area (Å²) in [4.78, 5) is 0. The molecule has 0 spiro atoms. The molecule has 0 aromatic rings. The van der Waals surface area contributed by atoms with Crippen molar-refractivity contribution in [3.8, 4) is 0 Å². The fourth-order valence-electron chi connectivity index (χ4n) is 3.61. The van der Waals surface area contributed by atoms with Crippen molar-refractivity contribution in [1.82, 2.24) is 0 Å². The average Bonchev–Trinajstić information content (AvgIpc) is 3.69. The minimum atomic E-state index is -0.397. The standard InChI is InChI=1S/C18H18P.3C5H5.3Fe/c1-13-7-4-10-16(13)19(17-11-5-8-14(17)2)18-12-6-9-15(18)3;3*1-2-4-5-3-1;;;/h4-12H,1-3H3;3*1-5H;;;. The Morgan fingerprint density at radius 2 is 0.486 bits per heavy atom. The maximum atomic E-state index is 2.29. The molecule has 0 bridgehead atoms. The summed E-state index contributed by atoms with van der Waals surface area (Å²) in [6.07, 6.45) is 50.1. The molecule has 0 unspecified atom stereocenters. The Balaban J connectivity index is 0.000000589. The van der Waals surface area contributed by atoms with Gasteiger partial charge in [-0.1, -0.05) is 28.7 Å². The van der Waals surface area contributed by atoms with Crippen molar-refractivity contribution in [2.75, 3.05) is 0 Å². The summed E-state index contributed by atoms with van der Waals surface area (Å²) in [7, 11) is -0.397. The Bertz CT molecular complexity index is 410. The summed E-state index contributed by atoms with van der Waals surface area (Å²) < 4.78 is 0. The monoisotopic (exact) mass is 628 g/mol. The quantitative estimate of drug-likeness (QED) is 0.221. The second-order valence-corrected chi connectivity index (χ2v) is 10.1. The van der Waals surface area contributed by atoms with E-state index in [1.165, 1.54) is 34.7 Å². The van der Waals surface area contributed by atoms with Gasteiger partial charge in [0.15, 0.2) is 0 Å². The van der Waals surface area contributed by atoms with Gasteiger partial charge < -0.3 is 0 Å². The van der Waals surface area contributed by atoms with Gasteiger partial charge in [0.1, 0.15) is 0 Å². The molecule has 6 fully saturated rings. The van der Waals surface area contributed by atoms with Gasteiger partial charge in [0.05, 0.1) is 0 Å². The van der Waals surface area contributed by atoms with Gasteiger partial charge >= 0.3 is 0 Å². The van der Waals surface area contributed by atoms with E-state index in [0.717, 1.165) is 0 Å². The fraction of sp³-hybridized carbons (Fsp3) is 0.0909. The van der Waals surface area contributed by atoms with Gasteiger partial charge in [0, 0.05) is 68.2 Å². The van der Waals surface area contributed by atoms with Crippen LogP contribution >= 0.6 is 7.92 Å². The Hall–Kier alpha value is 1.99. The van der Waals surface area contributed by atoms with E-state index in [2.05, 4.69) is 78.6 Å². The van der Waals surface area contributed by atoms with E-state index in [1.54, 1.807) is 0 Å². The van der Waals surface area contributed by atoms with Crippen molar-refractivity contribution in [2.24, 2.45) is 0 Å². The van der Waals surface area contributed by atoms with E-state index in [1.807, 2.05) is 96.3 Å². The average molecular weight is 628 g/mol. The van der Waals surface area contributed by atoms with Crippen LogP contribution in [-0.4, -0.2) is 0 Å². The predicted molar refractivity (Wildman–Crippen MR) is 147 cm³/mol. The maximum absolute atomic E-state index is 2.29. The molecule has 0 aromatic carbocycles. The molecule has 0 amide bonds. The molecule has 0 atom stereocenters. The van der Waals surface area contributed by atoms with Crippen molar-refractivity contribution in [3.05, 3.63) is 189 Å². The molecule has 0 saturated heterocycles. The zero-order chi connectivity index (χ0) is 24.0. The first-order chi connectivity index (χ1) is 16.7. The van der Waals surface area contributed by atoms with Crippen LogP contribution in [0.15, 0.2) is 0 Å². The van der Waals surface area contributed by atoms with Crippen LogP contribution in [0.3, 0.4) is 0 Å². The van der Waals surface area contributed by atoms with E-state index >= 15 is 0 Å². The molecule has 30 radical (unpaired) electrons. The van der Waals surface area contributed by atoms with Crippen LogP contribution in [0.2, 0.25) is 0 Å². The van der Waals surface area contributed by atoms with Crippen LogP contribution in [-0.2, 0) is 51.2 Å². The number of hydrogen-bond acceptors (Lipinski definition) is 0. The maximum Gasteiger partial charge on any atom is 0.0117 e. The van der Waals surface area contributed by atoms with Crippen molar-refractivity contribution in [1.29, 1.82) is 0 Å². The minimum Gasteiger partial charge on any atom is -0.0821 e. The van der Waals surface area contributed by atoms with E-state index in [-0.39, 0.29) is 51.2 Å². The molecule has 0 aromatic heterocycles. The summed E-state index contributed by atoms with van der Waals surface area (Å²) >= 11 is 0. The van der Waals surface area contributed by atoms with Gasteiger partial charge in [0.25, 0.3) is 0 Å². The first-order valence-corrected chi connectivity index (χ1v) is 13.0. The molecule has 6 aliphatic carbocycles. The van der Waals surface area contributed by atoms with Gasteiger partial charge in [-0.05, 0) is 172 Å². The zero-order valence-corrected chi connectivity index (χ0v) is 25.6. The summed E-state index contributed by atoms with van der Waals surface area (Å²) in [6.45, 7) is 6.67. The second kappa shape index (κ2) is 23.5. The molecule has 194 valence electrons. The Kier molecular flexibility index (Phi) is 24.8. The smallest absolute Gasteiger partial charge is 0.0117 e. The fourth-order valence-corrected chi connectivity index (χ4v) is 6.37. The minimum absolute atomic E-state index is 0. The third kappa shape index (κ3) is 14.1. The van der Waals surface area contributed by atoms with Crippen LogP contribution in [0, 0.1) is 189 Å². The molecule has 6 aliphatic rings. The first kappa shape index (κ1) is 39.0. The van der Waals surface area contributed by atoms with E-state index in [0.29, 0.717) is 0 Å². The molecule has 0 heterocycles. The second-order valence-electron chi connectivity index (χ2n) is 8.00. The summed E-state index contributed by atoms with van der Waals surface area (Å²) in [5, 5.41) is 0. The number of rotatable bonds is 3. The van der Waals surface area contributed by atoms with Gasteiger partial charge in [-0.3, -0.25) is 0 Å². The van der Waals surface area contributed by atoms with Crippen molar-refractivity contribution >= 4 is 7.92 Å². The van der Waals surface area contributed by atoms with E-state index < -0.39 is 7.92 Å². The molecular weight excluding hydrogens is 595 g/mol. The predicted octanol–water partition coefficient (Wildman–Crippen LogP) is 7.78. The van der Waals surface area contributed by atoms with Crippen LogP contribution in [0.4, 0.5) is 0 Å². The molecule has 0 nitrogen and oxygen atoms in total. The van der Waals surface area contributed by atoms with Crippen LogP contribution in [0.5, 0.6) is 0 Å². The SMILES string of the molecule is C[C]1[CH][CH][CH][C]1P([C]1[CH][CH][CH][C]1C)[C]1[CH][CH][CH][C]1C.[CH]1[CH][CH][CH][CH]1.[CH]1[CH][CH][CH][CH]1.[CH]1[CH][CH][CH][CH]1.[Fe].[Fe].[Fe]. The Morgan fingerprint density at radius 1 is 0.297 bits per heavy atom. The largest absolute Gasteiger partial charge is 0.0821 e. The molecule has 0 aliphatic heterocycles. The van der Waals surface area contributed by atoms with Crippen molar-refractivity contribution < 1.29 is 51.2 Å². The van der Waals surface area contributed by atoms with E-state index in [4.69, 9.17) is 0 Å². The van der Waals surface area contributed by atoms with Crippen LogP contribution < -0.4 is 0 Å². The molecule has 37 heavy (non-hydrogen) atoms. The third-order valence-electron chi connectivity index (χ3n) is 5.40. The van der Waals surface area contributed by atoms with Crippen LogP contribution in [0.25, 0.3) is 0 Å². The van der Waals surface area contributed by atoms with E-state index in [9.17, 15) is 0 Å². The van der Waals surface area contributed by atoms with Crippen molar-refractivity contribution in [2.45, 2.75) is 20.8 Å². The third-order valence-corrected chi connectivity index (χ3v) is 8.35. The van der Waals surface area contributed by atoms with Gasteiger partial charge in [-0.25, -0.2) is 0 Å². The Labute approximate surface area is 267 Å². The summed E-state index contributed by atoms with van der Waals surface area (Å²) in [5.74, 6) is 4.23. The molecule has 0 N–H and O–H groups in total. The van der Waals surface area contributed by atoms with Crippen LogP contribution in [0.1, 0.15) is 20.8 Å². The topological polar surface area (TPSA) is 0 Å². The molecule has 4 heteroatoms. The normalized spacial score (nSPS) is 25.3. The molecular formula is C33H33Fe3P. The van der Waals surface area contributed by atoms with Gasteiger partial charge in [0.2, 0.25) is 0 Å². The van der Waals surface area contributed by atoms with Gasteiger partial charge in [-0.2, -0.15) is 0 Å². The Morgan fingerprint density at radius 3 is 0.622 bits per heavy atom. The zero-order valence-electron chi connectivity index (χ0n) is 21.4. The van der Waals surface area contributed by atoms with Crippen molar-refractivity contribution in [3.63, 3.8) is 0 Å². The summed E-state index contributed by atoms with van der Waals surface area (Å²) in [6, 6.07) is 0. The molecule has 6 saturated carbocycles. The van der Waals surface area contributed by atoms with Gasteiger partial charge in [-0.15, -0.1) is 0 Å². The molecule has 6 rings (SSSR count). The first-order valence-electron chi connectivity index (χ1n) is 11.7.